The van der Waals surface area contributed by atoms with E-state index in [1.807, 2.05) is 72.8 Å². The van der Waals surface area contributed by atoms with E-state index in [0.29, 0.717) is 34.1 Å². The first-order chi connectivity index (χ1) is 39.2. The average molecular weight is 1030 g/mol. The first-order valence-electron chi connectivity index (χ1n) is 26.5. The Bertz CT molecular complexity index is 4550. The molecule has 2 N–H and O–H groups in total. The number of aromatic carboxylic acids is 2. The number of carboxylic acids is 2. The smallest absolute Gasteiger partial charge is 0.335 e. The van der Waals surface area contributed by atoms with Gasteiger partial charge in [-0.15, -0.1) is 0 Å². The fourth-order valence-corrected chi connectivity index (χ4v) is 11.3. The molecular weight excluding hydrogens is 985 g/mol. The van der Waals surface area contributed by atoms with Gasteiger partial charge in [-0.2, -0.15) is 0 Å². The summed E-state index contributed by atoms with van der Waals surface area (Å²) in [5.74, 6) is -0.161. The molecule has 0 aliphatic rings. The Balaban J connectivity index is 1.02. The van der Waals surface area contributed by atoms with Gasteiger partial charge in [0.15, 0.2) is 0 Å². The van der Waals surface area contributed by atoms with Crippen molar-refractivity contribution in [3.05, 3.63) is 278 Å². The Hall–Kier alpha value is -10.8. The van der Waals surface area contributed by atoms with Gasteiger partial charge in [-0.1, -0.05) is 182 Å². The van der Waals surface area contributed by atoms with E-state index in [2.05, 4.69) is 158 Å². The highest BCUT2D eigenvalue weighted by Gasteiger charge is 2.24. The van der Waals surface area contributed by atoms with Gasteiger partial charge in [0.2, 0.25) is 0 Å². The minimum atomic E-state index is -1.05. The zero-order valence-corrected chi connectivity index (χ0v) is 42.9. The van der Waals surface area contributed by atoms with Gasteiger partial charge in [0.05, 0.1) is 11.1 Å². The van der Waals surface area contributed by atoms with E-state index in [1.54, 1.807) is 36.4 Å². The van der Waals surface area contributed by atoms with Gasteiger partial charge in [-0.05, 0) is 183 Å². The van der Waals surface area contributed by atoms with Gasteiger partial charge in [0.25, 0.3) is 0 Å². The Labute approximate surface area is 460 Å². The fourth-order valence-electron chi connectivity index (χ4n) is 11.3. The molecule has 0 atom stereocenters. The largest absolute Gasteiger partial charge is 0.478 e. The maximum absolute atomic E-state index is 12.7. The minimum Gasteiger partial charge on any atom is -0.478 e. The normalized spacial score (nSPS) is 11.4. The van der Waals surface area contributed by atoms with Crippen LogP contribution in [0.25, 0.3) is 120 Å². The molecule has 14 rings (SSSR count). The second-order valence-electron chi connectivity index (χ2n) is 20.2. The van der Waals surface area contributed by atoms with Crippen molar-refractivity contribution in [2.75, 3.05) is 0 Å². The van der Waals surface area contributed by atoms with E-state index in [0.717, 1.165) is 109 Å². The van der Waals surface area contributed by atoms with Crippen LogP contribution in [0.15, 0.2) is 267 Å². The molecule has 0 aromatic heterocycles. The predicted molar refractivity (Wildman–Crippen MR) is 326 cm³/mol. The first-order valence-corrected chi connectivity index (χ1v) is 26.5. The molecule has 0 amide bonds. The van der Waals surface area contributed by atoms with Crippen LogP contribution in [0.1, 0.15) is 20.7 Å². The number of fused-ring (bicyclic) bond motifs is 6. The molecule has 6 nitrogen and oxygen atoms in total. The molecule has 80 heavy (non-hydrogen) atoms. The lowest BCUT2D eigenvalue weighted by molar-refractivity contribution is 0.0686. The van der Waals surface area contributed by atoms with Gasteiger partial charge in [0, 0.05) is 22.3 Å². The second kappa shape index (κ2) is 19.6. The van der Waals surface area contributed by atoms with Crippen molar-refractivity contribution in [3.8, 4) is 78.6 Å². The molecule has 0 saturated heterocycles. The summed E-state index contributed by atoms with van der Waals surface area (Å²) in [6, 6.07) is 89.3. The number of rotatable bonds is 11. The molecule has 6 heteroatoms. The van der Waals surface area contributed by atoms with Crippen molar-refractivity contribution >= 4 is 76.6 Å². The summed E-state index contributed by atoms with van der Waals surface area (Å²) in [6.45, 7) is 0. The molecule has 0 bridgehead atoms. The van der Waals surface area contributed by atoms with E-state index < -0.39 is 11.9 Å². The quantitative estimate of drug-likeness (QED) is 0.134. The molecule has 0 unspecified atom stereocenters. The summed E-state index contributed by atoms with van der Waals surface area (Å²) in [5, 5.41) is 33.1. The highest BCUT2D eigenvalue weighted by Crippen LogP contribution is 2.51. The summed E-state index contributed by atoms with van der Waals surface area (Å²) >= 11 is 0. The van der Waals surface area contributed by atoms with Gasteiger partial charge >= 0.3 is 11.9 Å². The molecule has 0 saturated carbocycles. The Kier molecular flexibility index (Phi) is 11.7. The van der Waals surface area contributed by atoms with Crippen molar-refractivity contribution in [2.24, 2.45) is 0 Å². The summed E-state index contributed by atoms with van der Waals surface area (Å²) in [7, 11) is 0. The summed E-state index contributed by atoms with van der Waals surface area (Å²) in [5.41, 5.74) is 8.80. The number of carboxylic acid groups (broad SMARTS) is 2. The van der Waals surface area contributed by atoms with Gasteiger partial charge in [-0.3, -0.25) is 0 Å². The van der Waals surface area contributed by atoms with Crippen LogP contribution in [0.5, 0.6) is 23.0 Å². The molecule has 0 fully saturated rings. The topological polar surface area (TPSA) is 93.1 Å². The van der Waals surface area contributed by atoms with Crippen molar-refractivity contribution in [2.45, 2.75) is 0 Å². The number of benzene rings is 14. The zero-order chi connectivity index (χ0) is 53.8. The van der Waals surface area contributed by atoms with Gasteiger partial charge in [-0.25, -0.2) is 9.59 Å². The highest BCUT2D eigenvalue weighted by atomic mass is 16.5. The van der Waals surface area contributed by atoms with E-state index >= 15 is 0 Å². The van der Waals surface area contributed by atoms with Crippen LogP contribution in [0, 0.1) is 0 Å². The third-order valence-electron chi connectivity index (χ3n) is 15.4. The standard InChI is InChI=1S/C74H46O6/c75-73(76)61-29-33-67(65(43-61)59-23-19-47-11-3-7-15-51(47)39-59)79-69-35-27-57-41-55(53-21-17-45-9-1-5-13-49(45)37-53)25-31-63(57)71(69)72-64-32-26-56(54-22-18-46-10-2-6-14-50(46)38-54)42-58(64)28-36-70(72)80-68-34-30-62(74(77)78)44-66(68)60-24-20-48-12-4-8-16-52(48)40-60/h1-44H,(H,75,76)(H,77,78). The van der Waals surface area contributed by atoms with Crippen LogP contribution in [-0.4, -0.2) is 22.2 Å². The Morgan fingerprint density at radius 3 is 0.875 bits per heavy atom. The maximum Gasteiger partial charge on any atom is 0.335 e. The lowest BCUT2D eigenvalue weighted by Crippen LogP contribution is -2.00. The van der Waals surface area contributed by atoms with E-state index in [4.69, 9.17) is 9.47 Å². The Morgan fingerprint density at radius 2 is 0.525 bits per heavy atom. The lowest BCUT2D eigenvalue weighted by Gasteiger charge is -2.22. The predicted octanol–water partition coefficient (Wildman–Crippen LogP) is 19.9. The fraction of sp³-hybridized carbons (Fsp3) is 0. The number of hydrogen-bond donors (Lipinski definition) is 2. The minimum absolute atomic E-state index is 0.128. The van der Waals surface area contributed by atoms with Crippen molar-refractivity contribution in [1.82, 2.24) is 0 Å². The monoisotopic (exact) mass is 1030 g/mol. The summed E-state index contributed by atoms with van der Waals surface area (Å²) in [6.07, 6.45) is 0. The Morgan fingerprint density at radius 1 is 0.250 bits per heavy atom. The molecular formula is C74H46O6. The zero-order valence-electron chi connectivity index (χ0n) is 42.9. The molecule has 0 spiro atoms. The number of carbonyl (C=O) groups is 2. The number of ether oxygens (including phenoxy) is 2. The first kappa shape index (κ1) is 47.6. The summed E-state index contributed by atoms with van der Waals surface area (Å²) < 4.78 is 14.6. The van der Waals surface area contributed by atoms with Crippen LogP contribution in [0.2, 0.25) is 0 Å². The average Bonchev–Trinajstić information content (AvgIpc) is 3.62. The van der Waals surface area contributed by atoms with Crippen LogP contribution in [0.3, 0.4) is 0 Å². The summed E-state index contributed by atoms with van der Waals surface area (Å²) in [4.78, 5) is 25.3. The van der Waals surface area contributed by atoms with Crippen molar-refractivity contribution in [1.29, 1.82) is 0 Å². The van der Waals surface area contributed by atoms with E-state index in [1.165, 1.54) is 0 Å². The highest BCUT2D eigenvalue weighted by molar-refractivity contribution is 6.12. The van der Waals surface area contributed by atoms with Crippen LogP contribution in [0.4, 0.5) is 0 Å². The SMILES string of the molecule is O=C(O)c1ccc(Oc2ccc3cc(-c4ccc5ccccc5c4)ccc3c2-c2c(Oc3ccc(C(=O)O)cc3-c3ccc4ccccc4c3)ccc3cc(-c4ccc5ccccc5c4)ccc23)c(-c2ccc3ccccc3c2)c1. The van der Waals surface area contributed by atoms with Crippen molar-refractivity contribution < 1.29 is 29.3 Å². The molecule has 378 valence electrons. The van der Waals surface area contributed by atoms with Crippen LogP contribution < -0.4 is 9.47 Å². The van der Waals surface area contributed by atoms with Gasteiger partial charge < -0.3 is 19.7 Å². The lowest BCUT2D eigenvalue weighted by atomic mass is 9.89. The van der Waals surface area contributed by atoms with Crippen LogP contribution >= 0.6 is 0 Å². The van der Waals surface area contributed by atoms with E-state index in [9.17, 15) is 19.8 Å². The molecule has 14 aromatic carbocycles. The van der Waals surface area contributed by atoms with Gasteiger partial charge in [0.1, 0.15) is 23.0 Å². The van der Waals surface area contributed by atoms with Crippen LogP contribution in [-0.2, 0) is 0 Å². The number of hydrogen-bond acceptors (Lipinski definition) is 4. The van der Waals surface area contributed by atoms with E-state index in [-0.39, 0.29) is 11.1 Å². The molecule has 0 heterocycles. The third-order valence-corrected chi connectivity index (χ3v) is 15.4. The molecule has 14 aromatic rings. The second-order valence-corrected chi connectivity index (χ2v) is 20.2. The molecule has 0 aliphatic carbocycles. The van der Waals surface area contributed by atoms with Crippen molar-refractivity contribution in [3.63, 3.8) is 0 Å². The molecule has 0 radical (unpaired) electrons. The molecule has 0 aliphatic heterocycles. The maximum atomic E-state index is 12.7. The third kappa shape index (κ3) is 8.77.